The minimum atomic E-state index is -0.412. The highest BCUT2D eigenvalue weighted by molar-refractivity contribution is 9.10. The number of benzene rings is 4. The van der Waals surface area contributed by atoms with Crippen LogP contribution in [-0.4, -0.2) is 24.7 Å². The van der Waals surface area contributed by atoms with Crippen molar-refractivity contribution in [2.75, 3.05) is 6.61 Å². The highest BCUT2D eigenvalue weighted by atomic mass is 79.9. The summed E-state index contributed by atoms with van der Waals surface area (Å²) in [5.74, 6) is 0.197. The van der Waals surface area contributed by atoms with E-state index in [1.54, 1.807) is 36.4 Å². The number of fused-ring (bicyclic) bond motifs is 1. The van der Waals surface area contributed by atoms with Crippen LogP contribution in [0.3, 0.4) is 0 Å². The molecule has 7 heteroatoms. The van der Waals surface area contributed by atoms with Crippen LogP contribution in [0, 0.1) is 6.92 Å². The average molecular weight is 517 g/mol. The number of aryl methyl sites for hydroxylation is 1. The van der Waals surface area contributed by atoms with Gasteiger partial charge in [-0.3, -0.25) is 4.79 Å². The van der Waals surface area contributed by atoms with Gasteiger partial charge in [-0.25, -0.2) is 10.2 Å². The van der Waals surface area contributed by atoms with Crippen molar-refractivity contribution in [3.05, 3.63) is 106 Å². The molecule has 170 valence electrons. The molecule has 0 spiro atoms. The molecule has 1 N–H and O–H groups in total. The number of hydrogen-bond acceptors (Lipinski definition) is 5. The summed E-state index contributed by atoms with van der Waals surface area (Å²) in [4.78, 5) is 24.4. The Morgan fingerprint density at radius 1 is 0.941 bits per heavy atom. The minimum Gasteiger partial charge on any atom is -0.483 e. The number of esters is 1. The maximum Gasteiger partial charge on any atom is 0.343 e. The summed E-state index contributed by atoms with van der Waals surface area (Å²) in [6, 6.07) is 25.7. The quantitative estimate of drug-likeness (QED) is 0.149. The molecule has 0 radical (unpaired) electrons. The van der Waals surface area contributed by atoms with E-state index in [2.05, 4.69) is 26.5 Å². The maximum absolute atomic E-state index is 12.3. The molecule has 0 unspecified atom stereocenters. The molecule has 0 aliphatic carbocycles. The van der Waals surface area contributed by atoms with E-state index in [0.29, 0.717) is 17.1 Å². The molecular formula is C27H21BrN2O4. The average Bonchev–Trinajstić information content (AvgIpc) is 2.85. The van der Waals surface area contributed by atoms with E-state index < -0.39 is 5.97 Å². The summed E-state index contributed by atoms with van der Waals surface area (Å²) in [6.45, 7) is 1.68. The monoisotopic (exact) mass is 516 g/mol. The van der Waals surface area contributed by atoms with Crippen molar-refractivity contribution in [1.29, 1.82) is 0 Å². The molecule has 4 rings (SSSR count). The fourth-order valence-electron chi connectivity index (χ4n) is 3.27. The van der Waals surface area contributed by atoms with Crippen LogP contribution in [0.2, 0.25) is 0 Å². The van der Waals surface area contributed by atoms with E-state index in [-0.39, 0.29) is 12.5 Å². The Morgan fingerprint density at radius 2 is 1.68 bits per heavy atom. The van der Waals surface area contributed by atoms with Gasteiger partial charge in [-0.05, 0) is 81.2 Å². The van der Waals surface area contributed by atoms with Crippen LogP contribution in [0.15, 0.2) is 94.5 Å². The SMILES string of the molecule is Cc1ccccc1C(=O)Oc1ccc(C=NNC(=O)COc2ccc3ccccc3c2Br)cc1. The molecule has 0 aromatic heterocycles. The third kappa shape index (κ3) is 5.68. The summed E-state index contributed by atoms with van der Waals surface area (Å²) in [5, 5.41) is 6.03. The molecule has 0 saturated carbocycles. The summed E-state index contributed by atoms with van der Waals surface area (Å²) in [6.07, 6.45) is 1.50. The first kappa shape index (κ1) is 23.2. The number of halogens is 1. The largest absolute Gasteiger partial charge is 0.483 e. The number of nitrogens with zero attached hydrogens (tertiary/aromatic N) is 1. The van der Waals surface area contributed by atoms with Gasteiger partial charge in [-0.2, -0.15) is 5.10 Å². The van der Waals surface area contributed by atoms with Gasteiger partial charge in [-0.1, -0.05) is 48.5 Å². The summed E-state index contributed by atoms with van der Waals surface area (Å²) in [7, 11) is 0. The van der Waals surface area contributed by atoms with Gasteiger partial charge in [0.1, 0.15) is 11.5 Å². The molecule has 0 aliphatic rings. The Balaban J connectivity index is 1.28. The van der Waals surface area contributed by atoms with Crippen molar-refractivity contribution < 1.29 is 19.1 Å². The van der Waals surface area contributed by atoms with Crippen LogP contribution >= 0.6 is 15.9 Å². The first-order valence-electron chi connectivity index (χ1n) is 10.5. The third-order valence-corrected chi connectivity index (χ3v) is 5.86. The third-order valence-electron chi connectivity index (χ3n) is 5.05. The van der Waals surface area contributed by atoms with Gasteiger partial charge in [0.25, 0.3) is 5.91 Å². The highest BCUT2D eigenvalue weighted by Crippen LogP contribution is 2.32. The number of hydrogen-bond donors (Lipinski definition) is 1. The lowest BCUT2D eigenvalue weighted by atomic mass is 10.1. The van der Waals surface area contributed by atoms with E-state index >= 15 is 0 Å². The fraction of sp³-hybridized carbons (Fsp3) is 0.0741. The van der Waals surface area contributed by atoms with Crippen molar-refractivity contribution in [2.24, 2.45) is 5.10 Å². The zero-order valence-corrected chi connectivity index (χ0v) is 19.9. The van der Waals surface area contributed by atoms with E-state index in [1.807, 2.05) is 55.5 Å². The van der Waals surface area contributed by atoms with Crippen molar-refractivity contribution in [1.82, 2.24) is 5.43 Å². The normalized spacial score (nSPS) is 10.9. The van der Waals surface area contributed by atoms with Crippen LogP contribution in [0.1, 0.15) is 21.5 Å². The number of nitrogens with one attached hydrogen (secondary N) is 1. The zero-order chi connectivity index (χ0) is 23.9. The lowest BCUT2D eigenvalue weighted by Crippen LogP contribution is -2.24. The molecule has 0 fully saturated rings. The molecule has 0 atom stereocenters. The predicted molar refractivity (Wildman–Crippen MR) is 135 cm³/mol. The van der Waals surface area contributed by atoms with Crippen LogP contribution in [0.5, 0.6) is 11.5 Å². The second-order valence-electron chi connectivity index (χ2n) is 7.45. The Kier molecular flexibility index (Phi) is 7.34. The number of amides is 1. The smallest absolute Gasteiger partial charge is 0.343 e. The summed E-state index contributed by atoms with van der Waals surface area (Å²) >= 11 is 3.53. The van der Waals surface area contributed by atoms with Crippen LogP contribution in [0.4, 0.5) is 0 Å². The maximum atomic E-state index is 12.3. The first-order chi connectivity index (χ1) is 16.5. The Labute approximate surface area is 205 Å². The zero-order valence-electron chi connectivity index (χ0n) is 18.3. The number of carbonyl (C=O) groups excluding carboxylic acids is 2. The standard InChI is InChI=1S/C27H21BrN2O4/c1-18-6-2-4-8-22(18)27(32)34-21-13-10-19(11-14-21)16-29-30-25(31)17-33-24-15-12-20-7-3-5-9-23(20)26(24)28/h2-16H,17H2,1H3,(H,30,31). The van der Waals surface area contributed by atoms with Gasteiger partial charge in [0.2, 0.25) is 0 Å². The molecule has 0 heterocycles. The molecule has 4 aromatic carbocycles. The number of rotatable bonds is 7. The first-order valence-corrected chi connectivity index (χ1v) is 11.3. The highest BCUT2D eigenvalue weighted by Gasteiger charge is 2.11. The summed E-state index contributed by atoms with van der Waals surface area (Å²) < 4.78 is 11.8. The van der Waals surface area contributed by atoms with Gasteiger partial charge in [-0.15, -0.1) is 0 Å². The Morgan fingerprint density at radius 3 is 2.47 bits per heavy atom. The Hall–Kier alpha value is -3.97. The van der Waals surface area contributed by atoms with Crippen LogP contribution < -0.4 is 14.9 Å². The second kappa shape index (κ2) is 10.8. The molecule has 0 bridgehead atoms. The predicted octanol–water partition coefficient (Wildman–Crippen LogP) is 5.66. The molecule has 0 saturated heterocycles. The molecule has 6 nitrogen and oxygen atoms in total. The van der Waals surface area contributed by atoms with Gasteiger partial charge in [0.05, 0.1) is 16.3 Å². The van der Waals surface area contributed by atoms with Crippen molar-refractivity contribution >= 4 is 44.8 Å². The van der Waals surface area contributed by atoms with E-state index in [4.69, 9.17) is 9.47 Å². The van der Waals surface area contributed by atoms with Gasteiger partial charge in [0, 0.05) is 0 Å². The lowest BCUT2D eigenvalue weighted by Gasteiger charge is -2.09. The molecule has 34 heavy (non-hydrogen) atoms. The van der Waals surface area contributed by atoms with E-state index in [1.165, 1.54) is 6.21 Å². The van der Waals surface area contributed by atoms with Crippen molar-refractivity contribution in [3.8, 4) is 11.5 Å². The van der Waals surface area contributed by atoms with Gasteiger partial charge >= 0.3 is 5.97 Å². The molecular weight excluding hydrogens is 496 g/mol. The van der Waals surface area contributed by atoms with Crippen LogP contribution in [-0.2, 0) is 4.79 Å². The topological polar surface area (TPSA) is 77.0 Å². The van der Waals surface area contributed by atoms with Crippen molar-refractivity contribution in [3.63, 3.8) is 0 Å². The summed E-state index contributed by atoms with van der Waals surface area (Å²) in [5.41, 5.74) is 4.54. The fourth-order valence-corrected chi connectivity index (χ4v) is 3.87. The number of ether oxygens (including phenoxy) is 2. The molecule has 4 aromatic rings. The second-order valence-corrected chi connectivity index (χ2v) is 8.25. The molecule has 0 aliphatic heterocycles. The van der Waals surface area contributed by atoms with E-state index in [9.17, 15) is 9.59 Å². The van der Waals surface area contributed by atoms with Crippen molar-refractivity contribution in [2.45, 2.75) is 6.92 Å². The molecule has 1 amide bonds. The minimum absolute atomic E-state index is 0.178. The van der Waals surface area contributed by atoms with Gasteiger partial charge < -0.3 is 9.47 Å². The van der Waals surface area contributed by atoms with Gasteiger partial charge in [0.15, 0.2) is 6.61 Å². The Bertz CT molecular complexity index is 1370. The van der Waals surface area contributed by atoms with E-state index in [0.717, 1.165) is 26.4 Å². The van der Waals surface area contributed by atoms with Crippen LogP contribution in [0.25, 0.3) is 10.8 Å². The number of hydrazone groups is 1. The number of carbonyl (C=O) groups is 2. The lowest BCUT2D eigenvalue weighted by molar-refractivity contribution is -0.123.